The zero-order chi connectivity index (χ0) is 19.0. The van der Waals surface area contributed by atoms with Gasteiger partial charge in [0.05, 0.1) is 27.7 Å². The number of aromatic nitrogens is 3. The molecule has 0 atom stereocenters. The standard InChI is InChI=1S/C18H12N4O4S/c1-26-14-9-5-3-7-12(14)16-19-18-21(20-16)17(23)15(27-18)10-11-6-2-4-8-13(11)22(24)25/h2-10H,1H3. The Kier molecular flexibility index (Phi) is 4.13. The Morgan fingerprint density at radius 3 is 2.67 bits per heavy atom. The molecule has 0 aliphatic carbocycles. The first-order valence-electron chi connectivity index (χ1n) is 7.86. The van der Waals surface area contributed by atoms with E-state index in [4.69, 9.17) is 4.74 Å². The molecule has 0 saturated carbocycles. The lowest BCUT2D eigenvalue weighted by atomic mass is 10.2. The SMILES string of the molecule is COc1ccccc1-c1nc2sc(=Cc3ccccc3[N+](=O)[O-])c(=O)n2n1. The van der Waals surface area contributed by atoms with Crippen LogP contribution in [-0.4, -0.2) is 26.6 Å². The van der Waals surface area contributed by atoms with Gasteiger partial charge in [-0.3, -0.25) is 14.9 Å². The van der Waals surface area contributed by atoms with Crippen LogP contribution in [0.4, 0.5) is 5.69 Å². The highest BCUT2D eigenvalue weighted by molar-refractivity contribution is 7.15. The molecular weight excluding hydrogens is 368 g/mol. The molecule has 4 aromatic rings. The van der Waals surface area contributed by atoms with Crippen LogP contribution in [0, 0.1) is 10.1 Å². The van der Waals surface area contributed by atoms with Gasteiger partial charge in [-0.05, 0) is 24.3 Å². The summed E-state index contributed by atoms with van der Waals surface area (Å²) in [4.78, 5) is 28.1. The predicted octanol–water partition coefficient (Wildman–Crippen LogP) is 2.28. The molecule has 9 heteroatoms. The zero-order valence-corrected chi connectivity index (χ0v) is 14.8. The first-order valence-corrected chi connectivity index (χ1v) is 8.68. The maximum absolute atomic E-state index is 12.7. The third kappa shape index (κ3) is 2.93. The zero-order valence-electron chi connectivity index (χ0n) is 14.0. The first-order chi connectivity index (χ1) is 13.1. The second-order valence-corrected chi connectivity index (χ2v) is 6.57. The molecule has 0 amide bonds. The molecule has 0 saturated heterocycles. The lowest BCUT2D eigenvalue weighted by molar-refractivity contribution is -0.385. The summed E-state index contributed by atoms with van der Waals surface area (Å²) in [5.41, 5.74) is 0.598. The summed E-state index contributed by atoms with van der Waals surface area (Å²) >= 11 is 1.13. The maximum atomic E-state index is 12.7. The van der Waals surface area contributed by atoms with Crippen molar-refractivity contribution in [2.75, 3.05) is 7.11 Å². The fraction of sp³-hybridized carbons (Fsp3) is 0.0556. The molecule has 0 fully saturated rings. The molecule has 2 aromatic carbocycles. The van der Waals surface area contributed by atoms with Crippen LogP contribution >= 0.6 is 11.3 Å². The van der Waals surface area contributed by atoms with Gasteiger partial charge in [0.15, 0.2) is 5.82 Å². The highest BCUT2D eigenvalue weighted by Gasteiger charge is 2.16. The molecule has 0 unspecified atom stereocenters. The van der Waals surface area contributed by atoms with Crippen molar-refractivity contribution in [2.45, 2.75) is 0 Å². The third-order valence-electron chi connectivity index (χ3n) is 3.95. The van der Waals surface area contributed by atoms with E-state index in [1.54, 1.807) is 31.4 Å². The van der Waals surface area contributed by atoms with Gasteiger partial charge >= 0.3 is 0 Å². The fourth-order valence-electron chi connectivity index (χ4n) is 2.69. The van der Waals surface area contributed by atoms with Crippen molar-refractivity contribution in [2.24, 2.45) is 0 Å². The van der Waals surface area contributed by atoms with E-state index in [-0.39, 0.29) is 11.2 Å². The van der Waals surface area contributed by atoms with E-state index < -0.39 is 4.92 Å². The molecule has 27 heavy (non-hydrogen) atoms. The van der Waals surface area contributed by atoms with E-state index >= 15 is 0 Å². The monoisotopic (exact) mass is 380 g/mol. The summed E-state index contributed by atoms with van der Waals surface area (Å²) in [5, 5.41) is 15.4. The van der Waals surface area contributed by atoms with Crippen LogP contribution in [0.5, 0.6) is 5.75 Å². The highest BCUT2D eigenvalue weighted by atomic mass is 32.1. The van der Waals surface area contributed by atoms with Crippen LogP contribution in [0.1, 0.15) is 5.56 Å². The van der Waals surface area contributed by atoms with E-state index in [0.717, 1.165) is 11.3 Å². The fourth-order valence-corrected chi connectivity index (χ4v) is 3.59. The summed E-state index contributed by atoms with van der Waals surface area (Å²) in [5.74, 6) is 0.989. The van der Waals surface area contributed by atoms with E-state index in [1.165, 1.54) is 16.7 Å². The van der Waals surface area contributed by atoms with Crippen molar-refractivity contribution in [1.82, 2.24) is 14.6 Å². The van der Waals surface area contributed by atoms with Gasteiger partial charge in [0.25, 0.3) is 11.2 Å². The quantitative estimate of drug-likeness (QED) is 0.398. The number of ether oxygens (including phenoxy) is 1. The number of benzene rings is 2. The Morgan fingerprint density at radius 1 is 1.19 bits per heavy atom. The number of methoxy groups -OCH3 is 1. The van der Waals surface area contributed by atoms with Crippen molar-refractivity contribution in [3.05, 3.63) is 79.1 Å². The van der Waals surface area contributed by atoms with Crippen molar-refractivity contribution >= 4 is 28.1 Å². The molecule has 4 rings (SSSR count). The van der Waals surface area contributed by atoms with Gasteiger partial charge in [0, 0.05) is 6.07 Å². The van der Waals surface area contributed by atoms with Crippen LogP contribution in [-0.2, 0) is 0 Å². The largest absolute Gasteiger partial charge is 0.496 e. The number of nitrogens with zero attached hydrogens (tertiary/aromatic N) is 4. The second-order valence-electron chi connectivity index (χ2n) is 5.56. The number of thiazole rings is 1. The summed E-state index contributed by atoms with van der Waals surface area (Å²) in [7, 11) is 1.55. The molecule has 0 bridgehead atoms. The lowest BCUT2D eigenvalue weighted by Crippen LogP contribution is -2.23. The van der Waals surface area contributed by atoms with E-state index in [2.05, 4.69) is 10.1 Å². The van der Waals surface area contributed by atoms with Crippen LogP contribution in [0.2, 0.25) is 0 Å². The van der Waals surface area contributed by atoms with Crippen molar-refractivity contribution < 1.29 is 9.66 Å². The van der Waals surface area contributed by atoms with Crippen LogP contribution < -0.4 is 14.8 Å². The molecule has 134 valence electrons. The van der Waals surface area contributed by atoms with Crippen molar-refractivity contribution in [1.29, 1.82) is 0 Å². The predicted molar refractivity (Wildman–Crippen MR) is 101 cm³/mol. The van der Waals surface area contributed by atoms with Gasteiger partial charge in [0.2, 0.25) is 4.96 Å². The molecule has 2 aromatic heterocycles. The summed E-state index contributed by atoms with van der Waals surface area (Å²) in [6.45, 7) is 0. The van der Waals surface area contributed by atoms with E-state index in [9.17, 15) is 14.9 Å². The Bertz CT molecular complexity index is 1280. The van der Waals surface area contributed by atoms with Crippen molar-refractivity contribution in [3.63, 3.8) is 0 Å². The smallest absolute Gasteiger partial charge is 0.291 e. The van der Waals surface area contributed by atoms with Crippen LogP contribution in [0.15, 0.2) is 53.3 Å². The normalized spacial score (nSPS) is 11.8. The molecule has 0 N–H and O–H groups in total. The highest BCUT2D eigenvalue weighted by Crippen LogP contribution is 2.27. The average Bonchev–Trinajstić information content (AvgIpc) is 3.22. The molecular formula is C18H12N4O4S. The number of nitro benzene ring substituents is 1. The van der Waals surface area contributed by atoms with Gasteiger partial charge in [-0.1, -0.05) is 35.6 Å². The number of nitro groups is 1. The van der Waals surface area contributed by atoms with Crippen LogP contribution in [0.3, 0.4) is 0 Å². The van der Waals surface area contributed by atoms with Crippen LogP contribution in [0.25, 0.3) is 22.4 Å². The Labute approximate surface area is 156 Å². The minimum Gasteiger partial charge on any atom is -0.496 e. The Hall–Kier alpha value is -3.59. The summed E-state index contributed by atoms with van der Waals surface area (Å²) < 4.78 is 6.83. The number of fused-ring (bicyclic) bond motifs is 1. The lowest BCUT2D eigenvalue weighted by Gasteiger charge is -2.03. The van der Waals surface area contributed by atoms with E-state index in [0.29, 0.717) is 32.2 Å². The number of hydrogen-bond acceptors (Lipinski definition) is 7. The number of para-hydroxylation sites is 2. The number of rotatable bonds is 4. The molecule has 2 heterocycles. The average molecular weight is 380 g/mol. The van der Waals surface area contributed by atoms with Crippen molar-refractivity contribution in [3.8, 4) is 17.1 Å². The van der Waals surface area contributed by atoms with Gasteiger partial charge in [-0.2, -0.15) is 9.50 Å². The number of hydrogen-bond donors (Lipinski definition) is 0. The van der Waals surface area contributed by atoms with E-state index in [1.807, 2.05) is 18.2 Å². The molecule has 0 spiro atoms. The molecule has 0 aliphatic heterocycles. The Morgan fingerprint density at radius 2 is 1.93 bits per heavy atom. The summed E-state index contributed by atoms with van der Waals surface area (Å²) in [6, 6.07) is 13.5. The minimum atomic E-state index is -0.479. The van der Waals surface area contributed by atoms with Gasteiger partial charge < -0.3 is 4.74 Å². The summed E-state index contributed by atoms with van der Waals surface area (Å²) in [6.07, 6.45) is 1.49. The second kappa shape index (κ2) is 6.61. The molecule has 0 aliphatic rings. The third-order valence-corrected chi connectivity index (χ3v) is 4.91. The molecule has 0 radical (unpaired) electrons. The van der Waals surface area contributed by atoms with Gasteiger partial charge in [-0.25, -0.2) is 0 Å². The van der Waals surface area contributed by atoms with Gasteiger partial charge in [-0.15, -0.1) is 5.10 Å². The Balaban J connectivity index is 1.85. The first kappa shape index (κ1) is 16.9. The molecule has 8 nitrogen and oxygen atoms in total. The topological polar surface area (TPSA) is 99.6 Å². The maximum Gasteiger partial charge on any atom is 0.291 e. The minimum absolute atomic E-state index is 0.0642. The van der Waals surface area contributed by atoms with Gasteiger partial charge in [0.1, 0.15) is 5.75 Å².